The van der Waals surface area contributed by atoms with Crippen molar-refractivity contribution >= 4 is 0 Å². The SMILES string of the molecule is OCC(O)C(O)CO.OCC(O)C(O)CO.OC[C@@H](O)[C@H](O)CO.OC[C@H](O)[C@@H](O)CO. The van der Waals surface area contributed by atoms with E-state index in [1.807, 2.05) is 0 Å². The van der Waals surface area contributed by atoms with Crippen LogP contribution in [0.3, 0.4) is 0 Å². The zero-order valence-electron chi connectivity index (χ0n) is 17.4. The minimum Gasteiger partial charge on any atom is -0.394 e. The molecule has 0 heterocycles. The van der Waals surface area contributed by atoms with E-state index < -0.39 is 102 Å². The fourth-order valence-corrected chi connectivity index (χ4v) is 0.973. The predicted molar refractivity (Wildman–Crippen MR) is 105 cm³/mol. The molecule has 0 radical (unpaired) electrons. The summed E-state index contributed by atoms with van der Waals surface area (Å²) in [6, 6.07) is 0. The smallest absolute Gasteiger partial charge is 0.105 e. The summed E-state index contributed by atoms with van der Waals surface area (Å²) in [4.78, 5) is 0. The van der Waals surface area contributed by atoms with Gasteiger partial charge in [-0.25, -0.2) is 0 Å². The molecule has 32 heavy (non-hydrogen) atoms. The van der Waals surface area contributed by atoms with Crippen LogP contribution >= 0.6 is 0 Å². The Bertz CT molecular complexity index is 256. The van der Waals surface area contributed by atoms with E-state index in [0.717, 1.165) is 0 Å². The Morgan fingerprint density at radius 3 is 0.312 bits per heavy atom. The van der Waals surface area contributed by atoms with Gasteiger partial charge in [0.2, 0.25) is 0 Å². The summed E-state index contributed by atoms with van der Waals surface area (Å²) >= 11 is 0. The van der Waals surface area contributed by atoms with Crippen LogP contribution in [0, 0.1) is 0 Å². The monoisotopic (exact) mass is 488 g/mol. The first-order chi connectivity index (χ1) is 14.9. The number of hydrogen-bond donors (Lipinski definition) is 16. The van der Waals surface area contributed by atoms with Crippen LogP contribution in [0.15, 0.2) is 0 Å². The van der Waals surface area contributed by atoms with Crippen molar-refractivity contribution in [2.24, 2.45) is 0 Å². The Hall–Kier alpha value is -0.640. The summed E-state index contributed by atoms with van der Waals surface area (Å²) in [6.45, 7) is -4.21. The highest BCUT2D eigenvalue weighted by Gasteiger charge is 2.14. The molecule has 0 spiro atoms. The van der Waals surface area contributed by atoms with Crippen LogP contribution in [0.2, 0.25) is 0 Å². The lowest BCUT2D eigenvalue weighted by molar-refractivity contribution is -0.0388. The first-order valence-corrected chi connectivity index (χ1v) is 9.19. The molecule has 0 aromatic rings. The van der Waals surface area contributed by atoms with E-state index in [-0.39, 0.29) is 0 Å². The highest BCUT2D eigenvalue weighted by molar-refractivity contribution is 4.64. The van der Waals surface area contributed by atoms with E-state index in [1.54, 1.807) is 0 Å². The van der Waals surface area contributed by atoms with Gasteiger partial charge in [0.15, 0.2) is 0 Å². The van der Waals surface area contributed by atoms with Crippen molar-refractivity contribution in [2.75, 3.05) is 52.9 Å². The van der Waals surface area contributed by atoms with E-state index >= 15 is 0 Å². The molecule has 0 bridgehead atoms. The van der Waals surface area contributed by atoms with Gasteiger partial charge in [0.25, 0.3) is 0 Å². The Morgan fingerprint density at radius 2 is 0.281 bits per heavy atom. The average molecular weight is 488 g/mol. The molecule has 16 N–H and O–H groups in total. The zero-order valence-corrected chi connectivity index (χ0v) is 17.4. The van der Waals surface area contributed by atoms with Crippen LogP contribution in [-0.4, -0.2) is 183 Å². The lowest BCUT2D eigenvalue weighted by Gasteiger charge is -2.10. The molecule has 16 nitrogen and oxygen atoms in total. The maximum atomic E-state index is 8.47. The van der Waals surface area contributed by atoms with E-state index in [1.165, 1.54) is 0 Å². The second-order valence-electron chi connectivity index (χ2n) is 6.00. The van der Waals surface area contributed by atoms with Gasteiger partial charge in [-0.2, -0.15) is 0 Å². The third-order valence-corrected chi connectivity index (χ3v) is 3.27. The molecule has 0 aliphatic heterocycles. The van der Waals surface area contributed by atoms with E-state index in [9.17, 15) is 0 Å². The molecule has 0 aromatic heterocycles. The van der Waals surface area contributed by atoms with Gasteiger partial charge in [0.05, 0.1) is 52.9 Å². The number of hydrogen-bond acceptors (Lipinski definition) is 16. The normalized spacial score (nSPS) is 18.0. The predicted octanol–water partition coefficient (Wildman–Crippen LogP) is -9.23. The van der Waals surface area contributed by atoms with Gasteiger partial charge in [-0.1, -0.05) is 0 Å². The Kier molecular flexibility index (Phi) is 32.1. The Morgan fingerprint density at radius 1 is 0.219 bits per heavy atom. The van der Waals surface area contributed by atoms with Crippen LogP contribution in [0.25, 0.3) is 0 Å². The van der Waals surface area contributed by atoms with E-state index in [0.29, 0.717) is 0 Å². The number of aliphatic hydroxyl groups is 16. The van der Waals surface area contributed by atoms with Crippen LogP contribution < -0.4 is 0 Å². The summed E-state index contributed by atoms with van der Waals surface area (Å²) in [7, 11) is 0. The van der Waals surface area contributed by atoms with E-state index in [2.05, 4.69) is 0 Å². The maximum Gasteiger partial charge on any atom is 0.105 e. The lowest BCUT2D eigenvalue weighted by atomic mass is 10.2. The average Bonchev–Trinajstić information content (AvgIpc) is 2.85. The molecular weight excluding hydrogens is 448 g/mol. The minimum absolute atomic E-state index is 0.526. The topological polar surface area (TPSA) is 324 Å². The van der Waals surface area contributed by atoms with Gasteiger partial charge in [-0.15, -0.1) is 0 Å². The van der Waals surface area contributed by atoms with Crippen LogP contribution in [0.5, 0.6) is 0 Å². The molecule has 0 aliphatic carbocycles. The second kappa shape index (κ2) is 26.6. The molecule has 0 aromatic carbocycles. The highest BCUT2D eigenvalue weighted by Crippen LogP contribution is 1.90. The van der Waals surface area contributed by atoms with Crippen molar-refractivity contribution in [3.05, 3.63) is 0 Å². The highest BCUT2D eigenvalue weighted by atomic mass is 16.4. The lowest BCUT2D eigenvalue weighted by Crippen LogP contribution is -2.31. The van der Waals surface area contributed by atoms with Crippen LogP contribution in [-0.2, 0) is 0 Å². The molecule has 0 saturated carbocycles. The third-order valence-electron chi connectivity index (χ3n) is 3.27. The van der Waals surface area contributed by atoms with Gasteiger partial charge < -0.3 is 81.7 Å². The fourth-order valence-electron chi connectivity index (χ4n) is 0.973. The molecule has 0 saturated heterocycles. The second-order valence-corrected chi connectivity index (χ2v) is 6.00. The summed E-state index contributed by atoms with van der Waals surface area (Å²) in [5.41, 5.74) is 0. The third kappa shape index (κ3) is 24.0. The largest absolute Gasteiger partial charge is 0.394 e. The van der Waals surface area contributed by atoms with Gasteiger partial charge in [0, 0.05) is 0 Å². The number of aliphatic hydroxyl groups excluding tert-OH is 16. The Balaban J connectivity index is -0.000000163. The minimum atomic E-state index is -1.22. The number of rotatable bonds is 12. The van der Waals surface area contributed by atoms with Crippen molar-refractivity contribution in [3.63, 3.8) is 0 Å². The summed E-state index contributed by atoms with van der Waals surface area (Å²) in [5.74, 6) is 0. The van der Waals surface area contributed by atoms with Crippen molar-refractivity contribution in [1.82, 2.24) is 0 Å². The fraction of sp³-hybridized carbons (Fsp3) is 1.00. The molecule has 8 atom stereocenters. The standard InChI is InChI=1S/4C4H10O4/c4*5-1-3(7)4(8)2-6/h4*3-8H,1-2H2/t2*3-,4-;;/m10../s1. The van der Waals surface area contributed by atoms with Crippen LogP contribution in [0.4, 0.5) is 0 Å². The molecule has 16 heteroatoms. The quantitative estimate of drug-likeness (QED) is 0.121. The van der Waals surface area contributed by atoms with Gasteiger partial charge in [0.1, 0.15) is 48.8 Å². The van der Waals surface area contributed by atoms with Gasteiger partial charge in [-0.05, 0) is 0 Å². The molecule has 0 aliphatic rings. The van der Waals surface area contributed by atoms with Gasteiger partial charge >= 0.3 is 0 Å². The van der Waals surface area contributed by atoms with Crippen molar-refractivity contribution in [2.45, 2.75) is 48.8 Å². The molecule has 200 valence electrons. The van der Waals surface area contributed by atoms with Crippen LogP contribution in [0.1, 0.15) is 0 Å². The molecule has 0 rings (SSSR count). The first-order valence-electron chi connectivity index (χ1n) is 9.19. The molecule has 4 unspecified atom stereocenters. The summed E-state index contributed by atoms with van der Waals surface area (Å²) in [6.07, 6.45) is -9.78. The van der Waals surface area contributed by atoms with Gasteiger partial charge in [-0.3, -0.25) is 0 Å². The maximum absolute atomic E-state index is 8.47. The Labute approximate surface area is 184 Å². The van der Waals surface area contributed by atoms with Crippen molar-refractivity contribution in [1.29, 1.82) is 0 Å². The first kappa shape index (κ1) is 38.6. The van der Waals surface area contributed by atoms with Crippen molar-refractivity contribution < 1.29 is 81.7 Å². The zero-order chi connectivity index (χ0) is 26.3. The summed E-state index contributed by atoms with van der Waals surface area (Å²) in [5, 5.41) is 133. The molecular formula is C16H40O16. The van der Waals surface area contributed by atoms with E-state index in [4.69, 9.17) is 81.7 Å². The molecule has 0 fully saturated rings. The summed E-state index contributed by atoms with van der Waals surface area (Å²) < 4.78 is 0. The molecule has 0 amide bonds. The van der Waals surface area contributed by atoms with Crippen molar-refractivity contribution in [3.8, 4) is 0 Å².